The van der Waals surface area contributed by atoms with Gasteiger partial charge in [-0.15, -0.1) is 0 Å². The van der Waals surface area contributed by atoms with Crippen LogP contribution in [0.15, 0.2) is 101 Å². The number of carbonyl (C=O) groups excluding carboxylic acids is 1. The van der Waals surface area contributed by atoms with Crippen LogP contribution in [0.5, 0.6) is 0 Å². The molecule has 0 aliphatic carbocycles. The molecule has 6 N–H and O–H groups in total. The van der Waals surface area contributed by atoms with Crippen LogP contribution in [0.3, 0.4) is 0 Å². The van der Waals surface area contributed by atoms with Gasteiger partial charge in [-0.1, -0.05) is 24.8 Å². The Morgan fingerprint density at radius 3 is 2.52 bits per heavy atom. The van der Waals surface area contributed by atoms with Crippen LogP contribution in [0.1, 0.15) is 34.0 Å². The average molecular weight is 540 g/mol. The topological polar surface area (TPSA) is 140 Å². The van der Waals surface area contributed by atoms with Gasteiger partial charge < -0.3 is 26.8 Å². The molecule has 0 bridgehead atoms. The number of halogens is 1. The van der Waals surface area contributed by atoms with Crippen molar-refractivity contribution in [2.75, 3.05) is 12.4 Å². The van der Waals surface area contributed by atoms with Crippen molar-refractivity contribution in [3.8, 4) is 11.3 Å². The highest BCUT2D eigenvalue weighted by atomic mass is 19.1. The number of carbonyl (C=O) groups is 1. The summed E-state index contributed by atoms with van der Waals surface area (Å²) in [5.74, 6) is 4.79. The number of hydrogen-bond donors (Lipinski definition) is 4. The Morgan fingerprint density at radius 2 is 1.82 bits per heavy atom. The Balaban J connectivity index is 1.78. The van der Waals surface area contributed by atoms with Gasteiger partial charge in [-0.25, -0.2) is 4.39 Å². The highest BCUT2D eigenvalue weighted by molar-refractivity contribution is 6.08. The summed E-state index contributed by atoms with van der Waals surface area (Å²) >= 11 is 0. The molecule has 0 saturated heterocycles. The first kappa shape index (κ1) is 27.9. The van der Waals surface area contributed by atoms with Gasteiger partial charge in [0.15, 0.2) is 5.78 Å². The van der Waals surface area contributed by atoms with E-state index in [-0.39, 0.29) is 29.8 Å². The van der Waals surface area contributed by atoms with E-state index < -0.39 is 5.82 Å². The predicted octanol–water partition coefficient (Wildman–Crippen LogP) is 3.44. The zero-order chi connectivity index (χ0) is 28.8. The standard InChI is InChI=1S/C30H30FN7O2/c1-18(34-3)19(2)36-26-11-12-27(22-5-4-6-23(14-22)29(32)37-33)38(30(26)40)17-20-13-24(16-35-15-20)28(39)21-7-9-25(31)10-8-21/h4-16,18,34,36H,2,17,33H2,1,3H3,(H2,32,37)/t18-/m0/s1. The lowest BCUT2D eigenvalue weighted by molar-refractivity contribution is 0.103. The molecular formula is C30H30FN7O2. The Hall–Kier alpha value is -5.09. The second-order valence-electron chi connectivity index (χ2n) is 9.20. The molecule has 2 aromatic carbocycles. The molecule has 0 fully saturated rings. The van der Waals surface area contributed by atoms with Gasteiger partial charge in [0.05, 0.1) is 12.2 Å². The van der Waals surface area contributed by atoms with E-state index in [9.17, 15) is 14.0 Å². The van der Waals surface area contributed by atoms with Crippen LogP contribution in [-0.2, 0) is 6.54 Å². The Kier molecular flexibility index (Phi) is 8.51. The molecule has 10 heteroatoms. The number of rotatable bonds is 10. The number of hydrogen-bond acceptors (Lipinski definition) is 7. The van der Waals surface area contributed by atoms with E-state index in [0.717, 1.165) is 0 Å². The second-order valence-corrected chi connectivity index (χ2v) is 9.20. The van der Waals surface area contributed by atoms with Crippen LogP contribution in [-0.4, -0.2) is 34.3 Å². The van der Waals surface area contributed by atoms with E-state index >= 15 is 0 Å². The molecule has 4 rings (SSSR count). The molecule has 0 unspecified atom stereocenters. The molecule has 1 atom stereocenters. The fraction of sp³-hybridized carbons (Fsp3) is 0.133. The number of ketones is 1. The summed E-state index contributed by atoms with van der Waals surface area (Å²) in [7, 11) is 1.80. The highest BCUT2D eigenvalue weighted by Gasteiger charge is 2.16. The minimum atomic E-state index is -0.431. The maximum absolute atomic E-state index is 13.8. The van der Waals surface area contributed by atoms with Crippen molar-refractivity contribution in [3.63, 3.8) is 0 Å². The maximum Gasteiger partial charge on any atom is 0.275 e. The molecule has 0 aliphatic rings. The van der Waals surface area contributed by atoms with Gasteiger partial charge in [0.1, 0.15) is 17.3 Å². The van der Waals surface area contributed by atoms with Crippen molar-refractivity contribution in [1.82, 2.24) is 14.9 Å². The zero-order valence-corrected chi connectivity index (χ0v) is 22.2. The van der Waals surface area contributed by atoms with Gasteiger partial charge in [0, 0.05) is 40.8 Å². The molecule has 40 heavy (non-hydrogen) atoms. The molecule has 204 valence electrons. The summed E-state index contributed by atoms with van der Waals surface area (Å²) in [6.07, 6.45) is 3.04. The fourth-order valence-electron chi connectivity index (χ4n) is 4.10. The number of likely N-dealkylation sites (N-methyl/N-ethyl adjacent to an activating group) is 1. The summed E-state index contributed by atoms with van der Waals surface area (Å²) in [4.78, 5) is 31.1. The molecule has 0 radical (unpaired) electrons. The first-order chi connectivity index (χ1) is 19.2. The van der Waals surface area contributed by atoms with Gasteiger partial charge >= 0.3 is 0 Å². The number of anilines is 1. The number of nitrogens with zero attached hydrogens (tertiary/aromatic N) is 3. The Morgan fingerprint density at radius 1 is 1.07 bits per heavy atom. The number of pyridine rings is 2. The van der Waals surface area contributed by atoms with Crippen LogP contribution in [0, 0.1) is 5.82 Å². The Bertz CT molecular complexity index is 1640. The highest BCUT2D eigenvalue weighted by Crippen LogP contribution is 2.23. The number of aromatic nitrogens is 2. The van der Waals surface area contributed by atoms with Gasteiger partial charge in [0.25, 0.3) is 5.56 Å². The van der Waals surface area contributed by atoms with E-state index in [1.807, 2.05) is 19.1 Å². The number of nitrogens with two attached hydrogens (primary N) is 2. The molecule has 0 aliphatic heterocycles. The van der Waals surface area contributed by atoms with Gasteiger partial charge in [0.2, 0.25) is 0 Å². The molecule has 2 aromatic heterocycles. The molecule has 0 amide bonds. The number of benzene rings is 2. The van der Waals surface area contributed by atoms with Crippen molar-refractivity contribution < 1.29 is 9.18 Å². The van der Waals surface area contributed by atoms with Crippen LogP contribution < -0.4 is 27.8 Å². The minimum Gasteiger partial charge on any atom is -0.382 e. The average Bonchev–Trinajstić information content (AvgIpc) is 2.98. The first-order valence-corrected chi connectivity index (χ1v) is 12.5. The lowest BCUT2D eigenvalue weighted by Gasteiger charge is -2.19. The molecule has 9 nitrogen and oxygen atoms in total. The summed E-state index contributed by atoms with van der Waals surface area (Å²) in [5, 5.41) is 9.77. The van der Waals surface area contributed by atoms with Crippen LogP contribution in [0.25, 0.3) is 11.3 Å². The summed E-state index contributed by atoms with van der Waals surface area (Å²) in [6.45, 7) is 6.06. The molecule has 0 saturated carbocycles. The lowest BCUT2D eigenvalue weighted by atomic mass is 10.0. The quantitative estimate of drug-likeness (QED) is 0.0796. The van der Waals surface area contributed by atoms with Crippen LogP contribution in [0.2, 0.25) is 0 Å². The second kappa shape index (κ2) is 12.2. The predicted molar refractivity (Wildman–Crippen MR) is 156 cm³/mol. The van der Waals surface area contributed by atoms with E-state index in [1.54, 1.807) is 48.1 Å². The fourth-order valence-corrected chi connectivity index (χ4v) is 4.10. The lowest BCUT2D eigenvalue weighted by Crippen LogP contribution is -2.30. The summed E-state index contributed by atoms with van der Waals surface area (Å²) in [5.41, 5.74) is 9.77. The number of hydrazone groups is 1. The zero-order valence-electron chi connectivity index (χ0n) is 22.2. The molecule has 4 aromatic rings. The van der Waals surface area contributed by atoms with E-state index in [4.69, 9.17) is 11.6 Å². The third-order valence-corrected chi connectivity index (χ3v) is 6.52. The van der Waals surface area contributed by atoms with Gasteiger partial charge in [-0.3, -0.25) is 14.6 Å². The summed E-state index contributed by atoms with van der Waals surface area (Å²) < 4.78 is 14.9. The molecular weight excluding hydrogens is 509 g/mol. The third kappa shape index (κ3) is 6.13. The van der Waals surface area contributed by atoms with Crippen molar-refractivity contribution in [1.29, 1.82) is 0 Å². The normalized spacial score (nSPS) is 12.1. The third-order valence-electron chi connectivity index (χ3n) is 6.52. The van der Waals surface area contributed by atoms with E-state index in [2.05, 4.69) is 27.3 Å². The molecule has 2 heterocycles. The van der Waals surface area contributed by atoms with Gasteiger partial charge in [-0.05, 0) is 73.6 Å². The van der Waals surface area contributed by atoms with E-state index in [1.165, 1.54) is 30.5 Å². The van der Waals surface area contributed by atoms with Crippen LogP contribution >= 0.6 is 0 Å². The van der Waals surface area contributed by atoms with Crippen molar-refractivity contribution in [3.05, 3.63) is 130 Å². The van der Waals surface area contributed by atoms with Crippen LogP contribution in [0.4, 0.5) is 10.1 Å². The molecule has 0 spiro atoms. The van der Waals surface area contributed by atoms with Crippen molar-refractivity contribution in [2.45, 2.75) is 19.5 Å². The Labute approximate surface area is 231 Å². The number of nitrogens with one attached hydrogen (secondary N) is 2. The largest absolute Gasteiger partial charge is 0.382 e. The summed E-state index contributed by atoms with van der Waals surface area (Å²) in [6, 6.07) is 17.6. The van der Waals surface area contributed by atoms with Crippen molar-refractivity contribution >= 4 is 17.3 Å². The van der Waals surface area contributed by atoms with Gasteiger partial charge in [-0.2, -0.15) is 5.10 Å². The maximum atomic E-state index is 13.8. The van der Waals surface area contributed by atoms with E-state index in [0.29, 0.717) is 44.9 Å². The first-order valence-electron chi connectivity index (χ1n) is 12.5. The van der Waals surface area contributed by atoms with Crippen molar-refractivity contribution in [2.24, 2.45) is 16.7 Å². The minimum absolute atomic E-state index is 0.0823. The number of amidine groups is 1. The monoisotopic (exact) mass is 539 g/mol. The smallest absolute Gasteiger partial charge is 0.275 e. The SMILES string of the molecule is C=C(Nc1ccc(-c2cccc(/C(N)=N/N)c2)n(Cc2cncc(C(=O)c3ccc(F)cc3)c2)c1=O)[C@H](C)NC.